The van der Waals surface area contributed by atoms with Crippen molar-refractivity contribution in [2.45, 2.75) is 6.92 Å². The largest absolute Gasteiger partial charge is 0.508 e. The minimum absolute atomic E-state index is 0.220. The van der Waals surface area contributed by atoms with Gasteiger partial charge in [-0.2, -0.15) is 0 Å². The standard InChI is InChI=1S/C7H6ClF.C6H6O/c1-5-3-2-4-6(9)7(5)8;7-6-4-2-1-3-5-6/h2-4H,1H3;1-5,7H. The monoisotopic (exact) mass is 238 g/mol. The molecule has 2 aromatic carbocycles. The summed E-state index contributed by atoms with van der Waals surface area (Å²) in [4.78, 5) is 0. The summed E-state index contributed by atoms with van der Waals surface area (Å²) in [5.74, 6) is -0.0285. The molecule has 1 N–H and O–H groups in total. The maximum atomic E-state index is 12.4. The minimum atomic E-state index is -0.350. The van der Waals surface area contributed by atoms with Crippen LogP contribution in [0.15, 0.2) is 48.5 Å². The lowest BCUT2D eigenvalue weighted by Gasteiger charge is -1.95. The van der Waals surface area contributed by atoms with E-state index < -0.39 is 0 Å². The fourth-order valence-electron chi connectivity index (χ4n) is 1.04. The highest BCUT2D eigenvalue weighted by Crippen LogP contribution is 2.17. The number of para-hydroxylation sites is 1. The van der Waals surface area contributed by atoms with Crippen LogP contribution in [0.1, 0.15) is 5.56 Å². The second-order valence-corrected chi connectivity index (χ2v) is 3.58. The van der Waals surface area contributed by atoms with Gasteiger partial charge in [-0.15, -0.1) is 0 Å². The first-order valence-electron chi connectivity index (χ1n) is 4.76. The Hall–Kier alpha value is -1.54. The van der Waals surface area contributed by atoms with Crippen LogP contribution in [0.3, 0.4) is 0 Å². The molecule has 0 bridgehead atoms. The fourth-order valence-corrected chi connectivity index (χ4v) is 1.17. The highest BCUT2D eigenvalue weighted by molar-refractivity contribution is 6.31. The SMILES string of the molecule is Cc1cccc(F)c1Cl.Oc1ccccc1. The Kier molecular flexibility index (Phi) is 4.80. The van der Waals surface area contributed by atoms with Gasteiger partial charge in [0, 0.05) is 0 Å². The highest BCUT2D eigenvalue weighted by atomic mass is 35.5. The van der Waals surface area contributed by atoms with Gasteiger partial charge in [0.25, 0.3) is 0 Å². The van der Waals surface area contributed by atoms with Crippen molar-refractivity contribution in [2.75, 3.05) is 0 Å². The summed E-state index contributed by atoms with van der Waals surface area (Å²) in [6, 6.07) is 13.5. The molecule has 2 aromatic rings. The fraction of sp³-hybridized carbons (Fsp3) is 0.0769. The summed E-state index contributed by atoms with van der Waals surface area (Å²) in [6.45, 7) is 1.77. The molecule has 0 heterocycles. The summed E-state index contributed by atoms with van der Waals surface area (Å²) in [7, 11) is 0. The van der Waals surface area contributed by atoms with E-state index in [1.54, 1.807) is 43.3 Å². The number of hydrogen-bond donors (Lipinski definition) is 1. The van der Waals surface area contributed by atoms with Crippen molar-refractivity contribution >= 4 is 11.6 Å². The number of phenols is 1. The Bertz CT molecular complexity index is 423. The van der Waals surface area contributed by atoms with Gasteiger partial charge in [0.2, 0.25) is 0 Å². The van der Waals surface area contributed by atoms with Crippen LogP contribution >= 0.6 is 11.6 Å². The third-order valence-electron chi connectivity index (χ3n) is 1.90. The van der Waals surface area contributed by atoms with Crippen molar-refractivity contribution in [3.63, 3.8) is 0 Å². The predicted molar refractivity (Wildman–Crippen MR) is 64.3 cm³/mol. The number of rotatable bonds is 0. The molecule has 1 nitrogen and oxygen atoms in total. The van der Waals surface area contributed by atoms with E-state index in [1.165, 1.54) is 6.07 Å². The van der Waals surface area contributed by atoms with Gasteiger partial charge < -0.3 is 5.11 Å². The summed E-state index contributed by atoms with van der Waals surface area (Å²) < 4.78 is 12.4. The molecule has 84 valence electrons. The normalized spacial score (nSPS) is 9.19. The van der Waals surface area contributed by atoms with Crippen LogP contribution in [-0.2, 0) is 0 Å². The molecule has 0 saturated carbocycles. The molecule has 16 heavy (non-hydrogen) atoms. The van der Waals surface area contributed by atoms with Gasteiger partial charge in [-0.1, -0.05) is 41.9 Å². The quantitative estimate of drug-likeness (QED) is 0.730. The number of halogens is 2. The molecule has 0 radical (unpaired) electrons. The maximum Gasteiger partial charge on any atom is 0.142 e. The van der Waals surface area contributed by atoms with E-state index in [-0.39, 0.29) is 10.8 Å². The second-order valence-electron chi connectivity index (χ2n) is 3.21. The maximum absolute atomic E-state index is 12.4. The van der Waals surface area contributed by atoms with E-state index in [1.807, 2.05) is 6.07 Å². The first kappa shape index (κ1) is 12.5. The van der Waals surface area contributed by atoms with Gasteiger partial charge in [0.05, 0.1) is 5.02 Å². The Morgan fingerprint density at radius 2 is 1.62 bits per heavy atom. The van der Waals surface area contributed by atoms with E-state index in [4.69, 9.17) is 16.7 Å². The van der Waals surface area contributed by atoms with Crippen molar-refractivity contribution in [3.8, 4) is 5.75 Å². The van der Waals surface area contributed by atoms with Crippen molar-refractivity contribution in [3.05, 3.63) is 64.9 Å². The summed E-state index contributed by atoms with van der Waals surface area (Å²) >= 11 is 5.50. The van der Waals surface area contributed by atoms with Crippen molar-refractivity contribution in [1.29, 1.82) is 0 Å². The van der Waals surface area contributed by atoms with E-state index in [0.717, 1.165) is 5.56 Å². The molecule has 0 spiro atoms. The van der Waals surface area contributed by atoms with Crippen LogP contribution in [0.2, 0.25) is 5.02 Å². The van der Waals surface area contributed by atoms with Crippen LogP contribution in [-0.4, -0.2) is 5.11 Å². The highest BCUT2D eigenvalue weighted by Gasteiger charge is 1.98. The molecule has 0 unspecified atom stereocenters. The molecule has 0 aromatic heterocycles. The predicted octanol–water partition coefficient (Wildman–Crippen LogP) is 4.18. The average Bonchev–Trinajstić information content (AvgIpc) is 2.28. The van der Waals surface area contributed by atoms with Crippen LogP contribution in [0.25, 0.3) is 0 Å². The van der Waals surface area contributed by atoms with Gasteiger partial charge in [0.15, 0.2) is 0 Å². The van der Waals surface area contributed by atoms with Gasteiger partial charge in [-0.25, -0.2) is 4.39 Å². The lowest BCUT2D eigenvalue weighted by atomic mass is 10.2. The van der Waals surface area contributed by atoms with Crippen molar-refractivity contribution in [1.82, 2.24) is 0 Å². The molecular formula is C13H12ClFO. The number of hydrogen-bond acceptors (Lipinski definition) is 1. The number of benzene rings is 2. The van der Waals surface area contributed by atoms with Gasteiger partial charge in [0.1, 0.15) is 11.6 Å². The molecule has 0 atom stereocenters. The zero-order valence-corrected chi connectivity index (χ0v) is 9.58. The molecule has 0 saturated heterocycles. The van der Waals surface area contributed by atoms with Crippen LogP contribution < -0.4 is 0 Å². The van der Waals surface area contributed by atoms with Crippen molar-refractivity contribution < 1.29 is 9.50 Å². The zero-order valence-electron chi connectivity index (χ0n) is 8.82. The summed E-state index contributed by atoms with van der Waals surface area (Å²) in [5.41, 5.74) is 0.775. The average molecular weight is 239 g/mol. The van der Waals surface area contributed by atoms with Gasteiger partial charge in [-0.05, 0) is 30.7 Å². The molecule has 0 aliphatic carbocycles. The first-order valence-corrected chi connectivity index (χ1v) is 5.13. The summed E-state index contributed by atoms with van der Waals surface area (Å²) in [5, 5.41) is 8.85. The van der Waals surface area contributed by atoms with Crippen LogP contribution in [0, 0.1) is 12.7 Å². The number of aryl methyl sites for hydroxylation is 1. The molecule has 3 heteroatoms. The van der Waals surface area contributed by atoms with E-state index in [2.05, 4.69) is 0 Å². The molecular weight excluding hydrogens is 227 g/mol. The lowest BCUT2D eigenvalue weighted by Crippen LogP contribution is -1.78. The van der Waals surface area contributed by atoms with Gasteiger partial charge >= 0.3 is 0 Å². The van der Waals surface area contributed by atoms with Crippen LogP contribution in [0.5, 0.6) is 5.75 Å². The zero-order chi connectivity index (χ0) is 12.0. The minimum Gasteiger partial charge on any atom is -0.508 e. The number of aromatic hydroxyl groups is 1. The molecule has 2 rings (SSSR count). The molecule has 0 aliphatic heterocycles. The third-order valence-corrected chi connectivity index (χ3v) is 2.38. The van der Waals surface area contributed by atoms with Crippen LogP contribution in [0.4, 0.5) is 4.39 Å². The smallest absolute Gasteiger partial charge is 0.142 e. The van der Waals surface area contributed by atoms with E-state index >= 15 is 0 Å². The number of phenolic OH excluding ortho intramolecular Hbond substituents is 1. The second kappa shape index (κ2) is 6.13. The first-order chi connectivity index (χ1) is 7.61. The van der Waals surface area contributed by atoms with E-state index in [9.17, 15) is 4.39 Å². The molecule has 0 fully saturated rings. The Morgan fingerprint density at radius 3 is 2.00 bits per heavy atom. The van der Waals surface area contributed by atoms with Gasteiger partial charge in [-0.3, -0.25) is 0 Å². The lowest BCUT2D eigenvalue weighted by molar-refractivity contribution is 0.475. The third kappa shape index (κ3) is 3.91. The van der Waals surface area contributed by atoms with Crippen molar-refractivity contribution in [2.24, 2.45) is 0 Å². The topological polar surface area (TPSA) is 20.2 Å². The summed E-state index contributed by atoms with van der Waals surface area (Å²) in [6.07, 6.45) is 0. The molecule has 0 aliphatic rings. The molecule has 0 amide bonds. The Labute approximate surface area is 99.1 Å². The van der Waals surface area contributed by atoms with E-state index in [0.29, 0.717) is 5.75 Å². The Morgan fingerprint density at radius 1 is 1.00 bits per heavy atom. The Balaban J connectivity index is 0.000000165.